The number of aliphatic hydroxyl groups is 1. The summed E-state index contributed by atoms with van der Waals surface area (Å²) in [6, 6.07) is 3.79. The van der Waals surface area contributed by atoms with Crippen LogP contribution in [0.5, 0.6) is 11.5 Å². The second kappa shape index (κ2) is 5.74. The standard InChI is InChI=1S/C13H19BrO3/c1-5-17-11-7-12(16-4)10(14)6-9(11)13(2,3)8-15/h6-7,15H,5,8H2,1-4H3. The second-order valence-electron chi connectivity index (χ2n) is 4.46. The third kappa shape index (κ3) is 3.13. The summed E-state index contributed by atoms with van der Waals surface area (Å²) >= 11 is 3.45. The Balaban J connectivity index is 3.32. The van der Waals surface area contributed by atoms with Crippen molar-refractivity contribution in [1.29, 1.82) is 0 Å². The summed E-state index contributed by atoms with van der Waals surface area (Å²) in [5, 5.41) is 9.46. The van der Waals surface area contributed by atoms with E-state index in [1.807, 2.05) is 32.9 Å². The topological polar surface area (TPSA) is 38.7 Å². The molecule has 0 fully saturated rings. The van der Waals surface area contributed by atoms with Crippen LogP contribution in [0.15, 0.2) is 16.6 Å². The third-order valence-corrected chi connectivity index (χ3v) is 3.30. The molecule has 3 nitrogen and oxygen atoms in total. The SMILES string of the molecule is CCOc1cc(OC)c(Br)cc1C(C)(C)CO. The Bertz CT molecular complexity index is 388. The number of rotatable bonds is 5. The van der Waals surface area contributed by atoms with Crippen LogP contribution in [0.3, 0.4) is 0 Å². The number of halogens is 1. The molecule has 17 heavy (non-hydrogen) atoms. The first-order valence-electron chi connectivity index (χ1n) is 5.58. The molecule has 0 radical (unpaired) electrons. The summed E-state index contributed by atoms with van der Waals surface area (Å²) in [5.74, 6) is 1.48. The van der Waals surface area contributed by atoms with Crippen LogP contribution >= 0.6 is 15.9 Å². The van der Waals surface area contributed by atoms with Crippen molar-refractivity contribution in [2.45, 2.75) is 26.2 Å². The second-order valence-corrected chi connectivity index (χ2v) is 5.31. The van der Waals surface area contributed by atoms with Crippen molar-refractivity contribution in [3.05, 3.63) is 22.2 Å². The minimum atomic E-state index is -0.348. The third-order valence-electron chi connectivity index (χ3n) is 2.68. The van der Waals surface area contributed by atoms with Crippen molar-refractivity contribution in [3.63, 3.8) is 0 Å². The van der Waals surface area contributed by atoms with E-state index in [1.54, 1.807) is 7.11 Å². The first-order chi connectivity index (χ1) is 7.96. The van der Waals surface area contributed by atoms with Gasteiger partial charge in [0.1, 0.15) is 11.5 Å². The summed E-state index contributed by atoms with van der Waals surface area (Å²) < 4.78 is 11.7. The first-order valence-corrected chi connectivity index (χ1v) is 6.37. The smallest absolute Gasteiger partial charge is 0.136 e. The van der Waals surface area contributed by atoms with Gasteiger partial charge >= 0.3 is 0 Å². The zero-order valence-corrected chi connectivity index (χ0v) is 12.3. The lowest BCUT2D eigenvalue weighted by molar-refractivity contribution is 0.212. The van der Waals surface area contributed by atoms with Crippen LogP contribution in [0, 0.1) is 0 Å². The average molecular weight is 303 g/mol. The molecule has 0 aliphatic rings. The van der Waals surface area contributed by atoms with Gasteiger partial charge in [0.25, 0.3) is 0 Å². The van der Waals surface area contributed by atoms with Gasteiger partial charge in [0, 0.05) is 17.0 Å². The predicted molar refractivity (Wildman–Crippen MR) is 72.0 cm³/mol. The molecule has 0 amide bonds. The van der Waals surface area contributed by atoms with Gasteiger partial charge in [-0.3, -0.25) is 0 Å². The van der Waals surface area contributed by atoms with E-state index in [9.17, 15) is 5.11 Å². The van der Waals surface area contributed by atoms with Crippen LogP contribution < -0.4 is 9.47 Å². The maximum Gasteiger partial charge on any atom is 0.136 e. The Morgan fingerprint density at radius 1 is 1.29 bits per heavy atom. The molecule has 1 rings (SSSR count). The van der Waals surface area contributed by atoms with Gasteiger partial charge in [-0.2, -0.15) is 0 Å². The van der Waals surface area contributed by atoms with Gasteiger partial charge in [-0.25, -0.2) is 0 Å². The molecule has 0 aromatic heterocycles. The molecule has 1 aromatic carbocycles. The Hall–Kier alpha value is -0.740. The van der Waals surface area contributed by atoms with E-state index in [4.69, 9.17) is 9.47 Å². The van der Waals surface area contributed by atoms with Gasteiger partial charge in [0.05, 0.1) is 24.8 Å². The highest BCUT2D eigenvalue weighted by Crippen LogP contribution is 2.38. The summed E-state index contributed by atoms with van der Waals surface area (Å²) in [7, 11) is 1.62. The minimum absolute atomic E-state index is 0.0614. The summed E-state index contributed by atoms with van der Waals surface area (Å²) in [6.45, 7) is 6.53. The predicted octanol–water partition coefficient (Wildman–Crippen LogP) is 3.13. The fourth-order valence-corrected chi connectivity index (χ4v) is 2.09. The zero-order chi connectivity index (χ0) is 13.1. The molecule has 0 heterocycles. The van der Waals surface area contributed by atoms with E-state index >= 15 is 0 Å². The van der Waals surface area contributed by atoms with Gasteiger partial charge < -0.3 is 14.6 Å². The summed E-state index contributed by atoms with van der Waals surface area (Å²) in [6.07, 6.45) is 0. The molecule has 4 heteroatoms. The van der Waals surface area contributed by atoms with Crippen LogP contribution in [0.2, 0.25) is 0 Å². The molecule has 1 aromatic rings. The Morgan fingerprint density at radius 2 is 1.94 bits per heavy atom. The van der Waals surface area contributed by atoms with Gasteiger partial charge in [-0.05, 0) is 28.9 Å². The highest BCUT2D eigenvalue weighted by Gasteiger charge is 2.25. The molecule has 1 N–H and O–H groups in total. The van der Waals surface area contributed by atoms with E-state index in [0.717, 1.165) is 21.5 Å². The molecule has 0 saturated carbocycles. The van der Waals surface area contributed by atoms with Gasteiger partial charge in [0.15, 0.2) is 0 Å². The molecule has 0 aliphatic heterocycles. The van der Waals surface area contributed by atoms with E-state index in [0.29, 0.717) is 6.61 Å². The van der Waals surface area contributed by atoms with Gasteiger partial charge in [-0.15, -0.1) is 0 Å². The van der Waals surface area contributed by atoms with E-state index in [1.165, 1.54) is 0 Å². The molecule has 0 saturated heterocycles. The van der Waals surface area contributed by atoms with Crippen LogP contribution in [0.1, 0.15) is 26.3 Å². The van der Waals surface area contributed by atoms with E-state index in [2.05, 4.69) is 15.9 Å². The summed E-state index contributed by atoms with van der Waals surface area (Å²) in [4.78, 5) is 0. The van der Waals surface area contributed by atoms with E-state index in [-0.39, 0.29) is 12.0 Å². The van der Waals surface area contributed by atoms with Crippen molar-refractivity contribution in [3.8, 4) is 11.5 Å². The van der Waals surface area contributed by atoms with Crippen molar-refractivity contribution >= 4 is 15.9 Å². The highest BCUT2D eigenvalue weighted by molar-refractivity contribution is 9.10. The van der Waals surface area contributed by atoms with Gasteiger partial charge in [-0.1, -0.05) is 13.8 Å². The van der Waals surface area contributed by atoms with Crippen molar-refractivity contribution in [2.75, 3.05) is 20.3 Å². The quantitative estimate of drug-likeness (QED) is 0.908. The Kier molecular flexibility index (Phi) is 4.83. The number of hydrogen-bond acceptors (Lipinski definition) is 3. The zero-order valence-electron chi connectivity index (χ0n) is 10.7. The number of methoxy groups -OCH3 is 1. The van der Waals surface area contributed by atoms with Crippen LogP contribution in [-0.2, 0) is 5.41 Å². The lowest BCUT2D eigenvalue weighted by Crippen LogP contribution is -2.23. The Labute approximate surface area is 111 Å². The molecule has 0 aliphatic carbocycles. The van der Waals surface area contributed by atoms with Crippen molar-refractivity contribution in [2.24, 2.45) is 0 Å². The fraction of sp³-hybridized carbons (Fsp3) is 0.538. The minimum Gasteiger partial charge on any atom is -0.495 e. The van der Waals surface area contributed by atoms with Crippen LogP contribution in [-0.4, -0.2) is 25.4 Å². The molecule has 96 valence electrons. The monoisotopic (exact) mass is 302 g/mol. The first kappa shape index (κ1) is 14.3. The Morgan fingerprint density at radius 3 is 2.41 bits per heavy atom. The fourth-order valence-electron chi connectivity index (χ4n) is 1.58. The van der Waals surface area contributed by atoms with Crippen molar-refractivity contribution < 1.29 is 14.6 Å². The molecule has 0 bridgehead atoms. The molecule has 0 atom stereocenters. The largest absolute Gasteiger partial charge is 0.495 e. The summed E-state index contributed by atoms with van der Waals surface area (Å²) in [5.41, 5.74) is 0.619. The maximum atomic E-state index is 9.46. The van der Waals surface area contributed by atoms with Crippen LogP contribution in [0.4, 0.5) is 0 Å². The highest BCUT2D eigenvalue weighted by atomic mass is 79.9. The van der Waals surface area contributed by atoms with E-state index < -0.39 is 0 Å². The molecule has 0 spiro atoms. The van der Waals surface area contributed by atoms with Crippen molar-refractivity contribution in [1.82, 2.24) is 0 Å². The average Bonchev–Trinajstić information content (AvgIpc) is 2.31. The molecular weight excluding hydrogens is 284 g/mol. The molecule has 0 unspecified atom stereocenters. The van der Waals surface area contributed by atoms with Gasteiger partial charge in [0.2, 0.25) is 0 Å². The number of aliphatic hydroxyl groups excluding tert-OH is 1. The number of benzene rings is 1. The maximum absolute atomic E-state index is 9.46. The molecular formula is C13H19BrO3. The normalized spacial score (nSPS) is 11.4. The van der Waals surface area contributed by atoms with Crippen LogP contribution in [0.25, 0.3) is 0 Å². The number of ether oxygens (including phenoxy) is 2. The lowest BCUT2D eigenvalue weighted by Gasteiger charge is -2.26. The lowest BCUT2D eigenvalue weighted by atomic mass is 9.85. The number of hydrogen-bond donors (Lipinski definition) is 1.